The summed E-state index contributed by atoms with van der Waals surface area (Å²) in [6, 6.07) is 8.89. The molecule has 1 aromatic carbocycles. The van der Waals surface area contributed by atoms with Gasteiger partial charge in [-0.2, -0.15) is 0 Å². The van der Waals surface area contributed by atoms with Crippen LogP contribution >= 0.6 is 23.2 Å². The molecule has 0 saturated carbocycles. The molecule has 0 atom stereocenters. The van der Waals surface area contributed by atoms with Crippen molar-refractivity contribution in [1.82, 2.24) is 29.4 Å². The van der Waals surface area contributed by atoms with Crippen LogP contribution in [-0.4, -0.2) is 29.4 Å². The zero-order chi connectivity index (χ0) is 13.7. The molecule has 0 aliphatic heterocycles. The molecule has 4 aromatic rings. The van der Waals surface area contributed by atoms with Crippen LogP contribution < -0.4 is 0 Å². The van der Waals surface area contributed by atoms with E-state index in [1.807, 2.05) is 12.1 Å². The van der Waals surface area contributed by atoms with Gasteiger partial charge in [0.15, 0.2) is 17.1 Å². The molecule has 98 valence electrons. The number of hydrogen-bond acceptors (Lipinski definition) is 4. The van der Waals surface area contributed by atoms with Crippen molar-refractivity contribution in [2.45, 2.75) is 0 Å². The van der Waals surface area contributed by atoms with Crippen LogP contribution in [0.1, 0.15) is 0 Å². The van der Waals surface area contributed by atoms with Gasteiger partial charge < -0.3 is 0 Å². The number of nitrogens with zero attached hydrogens (tertiary/aromatic N) is 6. The Hall–Kier alpha value is -2.18. The minimum Gasteiger partial charge on any atom is -0.213 e. The maximum atomic E-state index is 6.04. The summed E-state index contributed by atoms with van der Waals surface area (Å²) in [6.07, 6.45) is 1.60. The minimum atomic E-state index is 0.542. The van der Waals surface area contributed by atoms with E-state index in [9.17, 15) is 0 Å². The van der Waals surface area contributed by atoms with Gasteiger partial charge in [0, 0.05) is 15.6 Å². The van der Waals surface area contributed by atoms with E-state index in [0.29, 0.717) is 27.2 Å². The Morgan fingerprint density at radius 2 is 1.60 bits per heavy atom. The lowest BCUT2D eigenvalue weighted by molar-refractivity contribution is 0.850. The van der Waals surface area contributed by atoms with E-state index < -0.39 is 0 Å². The van der Waals surface area contributed by atoms with Crippen molar-refractivity contribution < 1.29 is 0 Å². The second-order valence-corrected chi connectivity index (χ2v) is 5.09. The molecule has 6 nitrogen and oxygen atoms in total. The first-order chi connectivity index (χ1) is 9.72. The summed E-state index contributed by atoms with van der Waals surface area (Å²) in [7, 11) is 0. The molecule has 0 N–H and O–H groups in total. The molecule has 0 unspecified atom stereocenters. The molecule has 3 heterocycles. The van der Waals surface area contributed by atoms with Gasteiger partial charge in [0.1, 0.15) is 6.33 Å². The summed E-state index contributed by atoms with van der Waals surface area (Å²) in [5.74, 6) is 0.620. The standard InChI is InChI=1S/C12H6Cl2N6/c13-8-3-7(4-9(14)5-8)12-18-17-11-2-1-10-16-15-6-19(10)20(11)12/h1-6H. The van der Waals surface area contributed by atoms with Crippen molar-refractivity contribution in [3.8, 4) is 11.4 Å². The predicted molar refractivity (Wildman–Crippen MR) is 75.0 cm³/mol. The predicted octanol–water partition coefficient (Wildman–Crippen LogP) is 2.75. The lowest BCUT2D eigenvalue weighted by Crippen LogP contribution is -2.01. The van der Waals surface area contributed by atoms with Gasteiger partial charge in [0.2, 0.25) is 0 Å². The van der Waals surface area contributed by atoms with Gasteiger partial charge in [0.25, 0.3) is 0 Å². The molecular weight excluding hydrogens is 299 g/mol. The summed E-state index contributed by atoms with van der Waals surface area (Å²) < 4.78 is 3.57. The van der Waals surface area contributed by atoms with Crippen LogP contribution in [0.25, 0.3) is 22.7 Å². The third-order valence-corrected chi connectivity index (χ3v) is 3.37. The van der Waals surface area contributed by atoms with E-state index in [1.165, 1.54) is 0 Å². The Bertz CT molecular complexity index is 921. The number of benzene rings is 1. The van der Waals surface area contributed by atoms with Crippen LogP contribution in [0.5, 0.6) is 0 Å². The second-order valence-electron chi connectivity index (χ2n) is 4.22. The molecule has 0 amide bonds. The minimum absolute atomic E-state index is 0.542. The number of hydrogen-bond donors (Lipinski definition) is 0. The lowest BCUT2D eigenvalue weighted by atomic mass is 10.2. The highest BCUT2D eigenvalue weighted by Gasteiger charge is 2.12. The molecule has 0 spiro atoms. The average molecular weight is 305 g/mol. The van der Waals surface area contributed by atoms with Crippen molar-refractivity contribution in [3.05, 3.63) is 46.7 Å². The normalized spacial score (nSPS) is 11.5. The van der Waals surface area contributed by atoms with E-state index >= 15 is 0 Å². The van der Waals surface area contributed by atoms with E-state index in [1.54, 1.807) is 33.6 Å². The third-order valence-electron chi connectivity index (χ3n) is 2.94. The number of aromatic nitrogens is 6. The number of fused-ring (bicyclic) bond motifs is 3. The monoisotopic (exact) mass is 304 g/mol. The molecule has 0 aliphatic rings. The Morgan fingerprint density at radius 3 is 2.40 bits per heavy atom. The molecule has 0 radical (unpaired) electrons. The first kappa shape index (κ1) is 11.6. The maximum Gasteiger partial charge on any atom is 0.184 e. The summed E-state index contributed by atoms with van der Waals surface area (Å²) in [5, 5.41) is 17.3. The van der Waals surface area contributed by atoms with Crippen molar-refractivity contribution in [3.63, 3.8) is 0 Å². The summed E-state index contributed by atoms with van der Waals surface area (Å²) in [6.45, 7) is 0. The van der Waals surface area contributed by atoms with Gasteiger partial charge in [-0.15, -0.1) is 20.4 Å². The Morgan fingerprint density at radius 1 is 0.850 bits per heavy atom. The molecule has 20 heavy (non-hydrogen) atoms. The van der Waals surface area contributed by atoms with Gasteiger partial charge >= 0.3 is 0 Å². The Kier molecular flexibility index (Phi) is 2.42. The second kappa shape index (κ2) is 4.16. The molecule has 0 bridgehead atoms. The summed E-state index contributed by atoms with van der Waals surface area (Å²) in [5.41, 5.74) is 2.16. The SMILES string of the molecule is Clc1cc(Cl)cc(-c2nnc3ccc4nncn4n23)c1. The Labute approximate surface area is 122 Å². The molecular formula is C12H6Cl2N6. The van der Waals surface area contributed by atoms with Crippen LogP contribution in [0.2, 0.25) is 10.0 Å². The molecule has 3 aromatic heterocycles. The van der Waals surface area contributed by atoms with Crippen LogP contribution in [0.15, 0.2) is 36.7 Å². The van der Waals surface area contributed by atoms with Gasteiger partial charge in [-0.3, -0.25) is 0 Å². The smallest absolute Gasteiger partial charge is 0.184 e. The fraction of sp³-hybridized carbons (Fsp3) is 0. The van der Waals surface area contributed by atoms with Gasteiger partial charge in [-0.25, -0.2) is 9.03 Å². The lowest BCUT2D eigenvalue weighted by Gasteiger charge is -2.04. The molecule has 4 rings (SSSR count). The van der Waals surface area contributed by atoms with E-state index in [0.717, 1.165) is 5.56 Å². The molecule has 0 saturated heterocycles. The van der Waals surface area contributed by atoms with E-state index in [4.69, 9.17) is 23.2 Å². The fourth-order valence-electron chi connectivity index (χ4n) is 2.12. The highest BCUT2D eigenvalue weighted by atomic mass is 35.5. The highest BCUT2D eigenvalue weighted by Crippen LogP contribution is 2.26. The first-order valence-corrected chi connectivity index (χ1v) is 6.48. The van der Waals surface area contributed by atoms with Crippen LogP contribution in [0.4, 0.5) is 0 Å². The fourth-order valence-corrected chi connectivity index (χ4v) is 2.65. The number of halogens is 2. The zero-order valence-electron chi connectivity index (χ0n) is 9.90. The molecule has 8 heteroatoms. The number of rotatable bonds is 1. The highest BCUT2D eigenvalue weighted by molar-refractivity contribution is 6.35. The molecule has 0 fully saturated rings. The first-order valence-electron chi connectivity index (χ1n) is 5.73. The summed E-state index contributed by atoms with van der Waals surface area (Å²) >= 11 is 12.1. The third kappa shape index (κ3) is 1.65. The van der Waals surface area contributed by atoms with Crippen molar-refractivity contribution >= 4 is 34.5 Å². The largest absolute Gasteiger partial charge is 0.213 e. The van der Waals surface area contributed by atoms with Crippen molar-refractivity contribution in [1.29, 1.82) is 0 Å². The van der Waals surface area contributed by atoms with Gasteiger partial charge in [-0.05, 0) is 30.3 Å². The maximum absolute atomic E-state index is 6.04. The van der Waals surface area contributed by atoms with Crippen LogP contribution in [0.3, 0.4) is 0 Å². The Balaban J connectivity index is 2.11. The van der Waals surface area contributed by atoms with Gasteiger partial charge in [-0.1, -0.05) is 23.2 Å². The quantitative estimate of drug-likeness (QED) is 0.542. The van der Waals surface area contributed by atoms with Crippen LogP contribution in [-0.2, 0) is 0 Å². The van der Waals surface area contributed by atoms with Crippen LogP contribution in [0, 0.1) is 0 Å². The summed E-state index contributed by atoms with van der Waals surface area (Å²) in [4.78, 5) is 0. The van der Waals surface area contributed by atoms with Gasteiger partial charge in [0.05, 0.1) is 0 Å². The topological polar surface area (TPSA) is 60.4 Å². The van der Waals surface area contributed by atoms with Crippen molar-refractivity contribution in [2.24, 2.45) is 0 Å². The zero-order valence-corrected chi connectivity index (χ0v) is 11.4. The average Bonchev–Trinajstić information content (AvgIpc) is 3.03. The van der Waals surface area contributed by atoms with E-state index in [-0.39, 0.29) is 0 Å². The molecule has 0 aliphatic carbocycles. The van der Waals surface area contributed by atoms with E-state index in [2.05, 4.69) is 20.4 Å². The van der Waals surface area contributed by atoms with Crippen molar-refractivity contribution in [2.75, 3.05) is 0 Å².